The number of carbonyl (C=O) groups is 1. The molecule has 84 valence electrons. The van der Waals surface area contributed by atoms with Gasteiger partial charge in [-0.2, -0.15) is 0 Å². The number of aryl methyl sites for hydroxylation is 2. The van der Waals surface area contributed by atoms with Crippen LogP contribution < -0.4 is 0 Å². The number of Topliss-reactive ketones (excluding diaryl/α,β-unsaturated/α-hetero) is 1. The summed E-state index contributed by atoms with van der Waals surface area (Å²) < 4.78 is 0. The number of rotatable bonds is 5. The lowest BCUT2D eigenvalue weighted by molar-refractivity contribution is 0.102. The lowest BCUT2D eigenvalue weighted by atomic mass is 10.2. The maximum atomic E-state index is 11.8. The predicted octanol–water partition coefficient (Wildman–Crippen LogP) is 2.66. The Bertz CT molecular complexity index is 344. The molecule has 1 atom stereocenters. The molecule has 0 saturated carbocycles. The number of ketones is 1. The van der Waals surface area contributed by atoms with Gasteiger partial charge in [0.15, 0.2) is 5.78 Å². The zero-order valence-electron chi connectivity index (χ0n) is 9.24. The summed E-state index contributed by atoms with van der Waals surface area (Å²) in [6.07, 6.45) is 0. The van der Waals surface area contributed by atoms with Gasteiger partial charge < -0.3 is 5.11 Å². The van der Waals surface area contributed by atoms with Crippen molar-refractivity contribution in [2.24, 2.45) is 0 Å². The first-order valence-corrected chi connectivity index (χ1v) is 6.73. The average molecular weight is 244 g/mol. The second-order valence-corrected chi connectivity index (χ2v) is 6.44. The number of aliphatic hydroxyl groups is 1. The van der Waals surface area contributed by atoms with Crippen molar-refractivity contribution < 1.29 is 9.90 Å². The third kappa shape index (κ3) is 3.63. The highest BCUT2D eigenvalue weighted by atomic mass is 32.2. The largest absolute Gasteiger partial charge is 0.395 e. The SMILES string of the molecule is Cc1cc(C(=O)CSC(C)CO)c(C)s1. The van der Waals surface area contributed by atoms with Crippen LogP contribution in [0.5, 0.6) is 0 Å². The zero-order chi connectivity index (χ0) is 11.4. The van der Waals surface area contributed by atoms with Gasteiger partial charge in [0.1, 0.15) is 0 Å². The summed E-state index contributed by atoms with van der Waals surface area (Å²) in [5.74, 6) is 0.626. The van der Waals surface area contributed by atoms with Crippen LogP contribution in [0.2, 0.25) is 0 Å². The lowest BCUT2D eigenvalue weighted by Crippen LogP contribution is -2.09. The molecular formula is C11H16O2S2. The Hall–Kier alpha value is -0.320. The van der Waals surface area contributed by atoms with Crippen molar-refractivity contribution in [3.05, 3.63) is 21.4 Å². The smallest absolute Gasteiger partial charge is 0.173 e. The Morgan fingerprint density at radius 3 is 2.73 bits per heavy atom. The molecule has 4 heteroatoms. The monoisotopic (exact) mass is 244 g/mol. The van der Waals surface area contributed by atoms with Crippen LogP contribution in [0.3, 0.4) is 0 Å². The fourth-order valence-electron chi connectivity index (χ4n) is 1.26. The highest BCUT2D eigenvalue weighted by Gasteiger charge is 2.13. The standard InChI is InChI=1S/C11H16O2S2/c1-7-4-10(9(3)15-7)11(13)6-14-8(2)5-12/h4,8,12H,5-6H2,1-3H3. The molecule has 15 heavy (non-hydrogen) atoms. The van der Waals surface area contributed by atoms with E-state index in [1.165, 1.54) is 16.6 Å². The molecule has 0 bridgehead atoms. The normalized spacial score (nSPS) is 12.8. The first-order valence-electron chi connectivity index (χ1n) is 4.87. The van der Waals surface area contributed by atoms with Crippen molar-refractivity contribution in [3.8, 4) is 0 Å². The van der Waals surface area contributed by atoms with Gasteiger partial charge in [0.2, 0.25) is 0 Å². The van der Waals surface area contributed by atoms with Gasteiger partial charge >= 0.3 is 0 Å². The molecule has 0 aromatic carbocycles. The molecule has 2 nitrogen and oxygen atoms in total. The van der Waals surface area contributed by atoms with Crippen molar-refractivity contribution in [1.29, 1.82) is 0 Å². The van der Waals surface area contributed by atoms with Gasteiger partial charge in [-0.1, -0.05) is 6.92 Å². The van der Waals surface area contributed by atoms with E-state index in [0.29, 0.717) is 5.75 Å². The summed E-state index contributed by atoms with van der Waals surface area (Å²) >= 11 is 3.16. The Kier molecular flexibility index (Phi) is 4.83. The van der Waals surface area contributed by atoms with Crippen molar-refractivity contribution in [2.45, 2.75) is 26.0 Å². The van der Waals surface area contributed by atoms with E-state index in [1.807, 2.05) is 26.8 Å². The van der Waals surface area contributed by atoms with Gasteiger partial charge in [-0.15, -0.1) is 23.1 Å². The summed E-state index contributed by atoms with van der Waals surface area (Å²) in [5.41, 5.74) is 0.843. The Labute approximate surface area is 98.7 Å². The maximum Gasteiger partial charge on any atom is 0.173 e. The van der Waals surface area contributed by atoms with Crippen LogP contribution >= 0.6 is 23.1 Å². The van der Waals surface area contributed by atoms with Gasteiger partial charge in [0.05, 0.1) is 12.4 Å². The fraction of sp³-hybridized carbons (Fsp3) is 0.545. The van der Waals surface area contributed by atoms with Crippen LogP contribution in [0.4, 0.5) is 0 Å². The van der Waals surface area contributed by atoms with E-state index in [1.54, 1.807) is 11.3 Å². The second kappa shape index (κ2) is 5.68. The summed E-state index contributed by atoms with van der Waals surface area (Å²) in [6.45, 7) is 6.03. The highest BCUT2D eigenvalue weighted by Crippen LogP contribution is 2.22. The molecule has 0 saturated heterocycles. The number of thioether (sulfide) groups is 1. The predicted molar refractivity (Wildman–Crippen MR) is 67.1 cm³/mol. The lowest BCUT2D eigenvalue weighted by Gasteiger charge is -2.06. The molecule has 1 aromatic heterocycles. The third-order valence-corrected chi connectivity index (χ3v) is 4.21. The number of hydrogen-bond donors (Lipinski definition) is 1. The topological polar surface area (TPSA) is 37.3 Å². The molecule has 1 N–H and O–H groups in total. The molecule has 0 amide bonds. The summed E-state index contributed by atoms with van der Waals surface area (Å²) in [6, 6.07) is 1.95. The van der Waals surface area contributed by atoms with Gasteiger partial charge in [-0.05, 0) is 19.9 Å². The number of thiophene rings is 1. The highest BCUT2D eigenvalue weighted by molar-refractivity contribution is 8.00. The first kappa shape index (κ1) is 12.7. The molecule has 1 unspecified atom stereocenters. The maximum absolute atomic E-state index is 11.8. The van der Waals surface area contributed by atoms with Crippen LogP contribution in [-0.4, -0.2) is 28.5 Å². The van der Waals surface area contributed by atoms with E-state index in [0.717, 1.165) is 10.4 Å². The van der Waals surface area contributed by atoms with Crippen molar-refractivity contribution in [2.75, 3.05) is 12.4 Å². The van der Waals surface area contributed by atoms with E-state index >= 15 is 0 Å². The van der Waals surface area contributed by atoms with E-state index in [-0.39, 0.29) is 17.6 Å². The quantitative estimate of drug-likeness (QED) is 0.809. The minimum Gasteiger partial charge on any atom is -0.395 e. The van der Waals surface area contributed by atoms with E-state index in [2.05, 4.69) is 0 Å². The van der Waals surface area contributed by atoms with Gasteiger partial charge in [-0.25, -0.2) is 0 Å². The molecular weight excluding hydrogens is 228 g/mol. The second-order valence-electron chi connectivity index (χ2n) is 3.55. The van der Waals surface area contributed by atoms with Crippen molar-refractivity contribution >= 4 is 28.9 Å². The third-order valence-electron chi connectivity index (χ3n) is 2.10. The molecule has 0 aliphatic carbocycles. The van der Waals surface area contributed by atoms with E-state index in [9.17, 15) is 4.79 Å². The van der Waals surface area contributed by atoms with Crippen LogP contribution in [0.1, 0.15) is 27.0 Å². The Balaban J connectivity index is 2.58. The minimum absolute atomic E-state index is 0.125. The van der Waals surface area contributed by atoms with Gasteiger partial charge in [-0.3, -0.25) is 4.79 Å². The number of aliphatic hydroxyl groups excluding tert-OH is 1. The summed E-state index contributed by atoms with van der Waals surface area (Å²) in [4.78, 5) is 14.1. The molecule has 1 rings (SSSR count). The van der Waals surface area contributed by atoms with Crippen LogP contribution in [0.25, 0.3) is 0 Å². The zero-order valence-corrected chi connectivity index (χ0v) is 10.9. The summed E-state index contributed by atoms with van der Waals surface area (Å²) in [7, 11) is 0. The average Bonchev–Trinajstić information content (AvgIpc) is 2.53. The molecule has 0 aliphatic heterocycles. The van der Waals surface area contributed by atoms with Crippen molar-refractivity contribution in [1.82, 2.24) is 0 Å². The molecule has 1 aromatic rings. The first-order chi connectivity index (χ1) is 7.04. The molecule has 1 heterocycles. The molecule has 0 fully saturated rings. The fourth-order valence-corrected chi connectivity index (χ4v) is 2.90. The van der Waals surface area contributed by atoms with Crippen LogP contribution in [-0.2, 0) is 0 Å². The van der Waals surface area contributed by atoms with E-state index in [4.69, 9.17) is 5.11 Å². The van der Waals surface area contributed by atoms with Crippen LogP contribution in [0, 0.1) is 13.8 Å². The molecule has 0 spiro atoms. The van der Waals surface area contributed by atoms with Crippen LogP contribution in [0.15, 0.2) is 6.07 Å². The Morgan fingerprint density at radius 2 is 2.27 bits per heavy atom. The van der Waals surface area contributed by atoms with Crippen molar-refractivity contribution in [3.63, 3.8) is 0 Å². The van der Waals surface area contributed by atoms with E-state index < -0.39 is 0 Å². The minimum atomic E-state index is 0.125. The number of hydrogen-bond acceptors (Lipinski definition) is 4. The molecule has 0 radical (unpaired) electrons. The summed E-state index contributed by atoms with van der Waals surface area (Å²) in [5, 5.41) is 8.98. The van der Waals surface area contributed by atoms with Gasteiger partial charge in [0, 0.05) is 20.6 Å². The number of carbonyl (C=O) groups excluding carboxylic acids is 1. The van der Waals surface area contributed by atoms with Gasteiger partial charge in [0.25, 0.3) is 0 Å². The Morgan fingerprint density at radius 1 is 1.60 bits per heavy atom. The molecule has 0 aliphatic rings.